The summed E-state index contributed by atoms with van der Waals surface area (Å²) in [6.45, 7) is 3.60. The molecule has 44 heavy (non-hydrogen) atoms. The molecule has 0 bridgehead atoms. The van der Waals surface area contributed by atoms with Gasteiger partial charge in [-0.05, 0) is 57.8 Å². The number of phosphoric ester groups is 1. The van der Waals surface area contributed by atoms with Crippen molar-refractivity contribution in [1.29, 1.82) is 0 Å². The van der Waals surface area contributed by atoms with Gasteiger partial charge in [0.05, 0.1) is 6.61 Å². The molecule has 0 rings (SSSR count). The number of carbonyl (C=O) groups excluding carboxylic acids is 2. The van der Waals surface area contributed by atoms with Crippen molar-refractivity contribution >= 4 is 19.8 Å². The molecule has 0 saturated heterocycles. The maximum absolute atomic E-state index is 12.3. The van der Waals surface area contributed by atoms with Gasteiger partial charge in [0.25, 0.3) is 0 Å². The summed E-state index contributed by atoms with van der Waals surface area (Å²) in [4.78, 5) is 42.5. The molecule has 0 fully saturated rings. The molecule has 0 aromatic heterocycles. The van der Waals surface area contributed by atoms with Crippen LogP contribution >= 0.6 is 7.82 Å². The molecular formula is C35H65O8P. The van der Waals surface area contributed by atoms with Crippen molar-refractivity contribution in [3.8, 4) is 0 Å². The zero-order valence-electron chi connectivity index (χ0n) is 28.1. The second kappa shape index (κ2) is 31.5. The number of unbranched alkanes of at least 4 members (excludes halogenated alkanes) is 18. The van der Waals surface area contributed by atoms with Crippen molar-refractivity contribution in [3.05, 3.63) is 24.3 Å². The number of carbonyl (C=O) groups is 2. The van der Waals surface area contributed by atoms with E-state index in [0.717, 1.165) is 70.6 Å². The predicted molar refractivity (Wildman–Crippen MR) is 179 cm³/mol. The van der Waals surface area contributed by atoms with Gasteiger partial charge in [-0.15, -0.1) is 0 Å². The second-order valence-corrected chi connectivity index (χ2v) is 13.1. The van der Waals surface area contributed by atoms with E-state index in [0.29, 0.717) is 6.42 Å². The smallest absolute Gasteiger partial charge is 0.462 e. The van der Waals surface area contributed by atoms with Gasteiger partial charge in [-0.1, -0.05) is 122 Å². The Balaban J connectivity index is 3.99. The number of ether oxygens (including phenoxy) is 2. The topological polar surface area (TPSA) is 119 Å². The quantitative estimate of drug-likeness (QED) is 0.0321. The van der Waals surface area contributed by atoms with E-state index < -0.39 is 32.5 Å². The van der Waals surface area contributed by atoms with E-state index in [-0.39, 0.29) is 19.4 Å². The van der Waals surface area contributed by atoms with Crippen LogP contribution in [-0.4, -0.2) is 41.0 Å². The zero-order valence-corrected chi connectivity index (χ0v) is 29.0. The van der Waals surface area contributed by atoms with Crippen molar-refractivity contribution in [1.82, 2.24) is 0 Å². The molecule has 258 valence electrons. The Morgan fingerprint density at radius 1 is 0.568 bits per heavy atom. The summed E-state index contributed by atoms with van der Waals surface area (Å²) >= 11 is 0. The number of esters is 2. The molecule has 0 radical (unpaired) electrons. The van der Waals surface area contributed by atoms with Gasteiger partial charge in [0, 0.05) is 12.8 Å². The lowest BCUT2D eigenvalue weighted by molar-refractivity contribution is -0.161. The molecule has 2 N–H and O–H groups in total. The van der Waals surface area contributed by atoms with Crippen LogP contribution in [0, 0.1) is 0 Å². The molecule has 8 nitrogen and oxygen atoms in total. The van der Waals surface area contributed by atoms with Gasteiger partial charge < -0.3 is 19.3 Å². The van der Waals surface area contributed by atoms with Gasteiger partial charge in [-0.25, -0.2) is 4.57 Å². The molecule has 0 aromatic rings. The van der Waals surface area contributed by atoms with Crippen molar-refractivity contribution in [2.45, 2.75) is 174 Å². The van der Waals surface area contributed by atoms with E-state index in [4.69, 9.17) is 19.3 Å². The minimum atomic E-state index is -4.74. The minimum Gasteiger partial charge on any atom is -0.462 e. The molecule has 1 atom stereocenters. The van der Waals surface area contributed by atoms with Crippen LogP contribution in [0.25, 0.3) is 0 Å². The molecule has 0 saturated carbocycles. The van der Waals surface area contributed by atoms with Crippen LogP contribution in [0.15, 0.2) is 24.3 Å². The summed E-state index contributed by atoms with van der Waals surface area (Å²) in [6.07, 6.45) is 33.3. The first-order valence-electron chi connectivity index (χ1n) is 17.6. The molecular weight excluding hydrogens is 579 g/mol. The zero-order chi connectivity index (χ0) is 32.6. The number of rotatable bonds is 32. The maximum Gasteiger partial charge on any atom is 0.469 e. The molecule has 0 unspecified atom stereocenters. The first kappa shape index (κ1) is 42.5. The lowest BCUT2D eigenvalue weighted by Gasteiger charge is -2.18. The summed E-state index contributed by atoms with van der Waals surface area (Å²) < 4.78 is 26.2. The lowest BCUT2D eigenvalue weighted by atomic mass is 10.1. The van der Waals surface area contributed by atoms with Gasteiger partial charge in [0.2, 0.25) is 0 Å². The molecule has 0 aliphatic rings. The monoisotopic (exact) mass is 644 g/mol. The van der Waals surface area contributed by atoms with Crippen molar-refractivity contribution in [3.63, 3.8) is 0 Å². The van der Waals surface area contributed by atoms with Gasteiger partial charge in [0.15, 0.2) is 6.10 Å². The molecule has 0 amide bonds. The molecule has 0 aliphatic heterocycles. The average Bonchev–Trinajstić information content (AvgIpc) is 2.98. The number of allylic oxidation sites excluding steroid dienone is 4. The third kappa shape index (κ3) is 33.4. The normalized spacial score (nSPS) is 12.7. The van der Waals surface area contributed by atoms with Crippen molar-refractivity contribution in [2.75, 3.05) is 13.2 Å². The molecule has 9 heteroatoms. The fraction of sp³-hybridized carbons (Fsp3) is 0.829. The third-order valence-corrected chi connectivity index (χ3v) is 7.93. The fourth-order valence-electron chi connectivity index (χ4n) is 4.76. The Hall–Kier alpha value is -1.47. The predicted octanol–water partition coefficient (Wildman–Crippen LogP) is 10.1. The Morgan fingerprint density at radius 3 is 1.45 bits per heavy atom. The highest BCUT2D eigenvalue weighted by Crippen LogP contribution is 2.36. The van der Waals surface area contributed by atoms with Crippen LogP contribution < -0.4 is 0 Å². The van der Waals surface area contributed by atoms with Crippen LogP contribution in [0.3, 0.4) is 0 Å². The van der Waals surface area contributed by atoms with Gasteiger partial charge in [0.1, 0.15) is 6.61 Å². The van der Waals surface area contributed by atoms with Crippen LogP contribution in [-0.2, 0) is 28.2 Å². The average molecular weight is 645 g/mol. The number of phosphoric acid groups is 1. The van der Waals surface area contributed by atoms with E-state index in [1.165, 1.54) is 64.2 Å². The van der Waals surface area contributed by atoms with Gasteiger partial charge >= 0.3 is 19.8 Å². The summed E-state index contributed by atoms with van der Waals surface area (Å²) in [5.74, 6) is -0.901. The van der Waals surface area contributed by atoms with Crippen LogP contribution in [0.5, 0.6) is 0 Å². The van der Waals surface area contributed by atoms with E-state index in [9.17, 15) is 14.2 Å². The van der Waals surface area contributed by atoms with E-state index >= 15 is 0 Å². The van der Waals surface area contributed by atoms with E-state index in [1.54, 1.807) is 0 Å². The van der Waals surface area contributed by atoms with Crippen LogP contribution in [0.1, 0.15) is 168 Å². The van der Waals surface area contributed by atoms with Crippen LogP contribution in [0.4, 0.5) is 0 Å². The molecule has 0 aromatic carbocycles. The van der Waals surface area contributed by atoms with Crippen molar-refractivity contribution in [2.24, 2.45) is 0 Å². The Kier molecular flexibility index (Phi) is 30.5. The summed E-state index contributed by atoms with van der Waals surface area (Å²) in [5, 5.41) is 0. The summed E-state index contributed by atoms with van der Waals surface area (Å²) in [6, 6.07) is 0. The standard InChI is InChI=1S/C35H65O8P/c1-3-5-7-9-11-13-15-16-17-18-20-21-23-25-27-29-34(36)41-31-33(32-42-44(38,39)40)43-35(37)30-28-26-24-22-19-14-12-10-8-6-4-2/h10,12-13,15,33H,3-9,11,14,16-32H2,1-2H3,(H2,38,39,40)/b12-10+,15-13+/t33-/m1/s1. The Labute approximate surface area is 269 Å². The van der Waals surface area contributed by atoms with Crippen LogP contribution in [0.2, 0.25) is 0 Å². The second-order valence-electron chi connectivity index (χ2n) is 11.8. The molecule has 0 spiro atoms. The van der Waals surface area contributed by atoms with E-state index in [1.807, 2.05) is 0 Å². The fourth-order valence-corrected chi connectivity index (χ4v) is 5.12. The SMILES string of the molecule is CCCC/C=C/CCCCCCCC(=O)O[C@H](COC(=O)CCCCCCCCC/C=C/CCCCCC)COP(=O)(O)O. The first-order valence-corrected chi connectivity index (χ1v) is 19.2. The number of hydrogen-bond donors (Lipinski definition) is 2. The largest absolute Gasteiger partial charge is 0.469 e. The highest BCUT2D eigenvalue weighted by atomic mass is 31.2. The Morgan fingerprint density at radius 2 is 0.977 bits per heavy atom. The highest BCUT2D eigenvalue weighted by molar-refractivity contribution is 7.46. The molecule has 0 aliphatic carbocycles. The summed E-state index contributed by atoms with van der Waals surface area (Å²) in [5.41, 5.74) is 0. The number of hydrogen-bond acceptors (Lipinski definition) is 6. The lowest BCUT2D eigenvalue weighted by Crippen LogP contribution is -2.29. The highest BCUT2D eigenvalue weighted by Gasteiger charge is 2.22. The van der Waals surface area contributed by atoms with Gasteiger partial charge in [-0.3, -0.25) is 14.1 Å². The summed E-state index contributed by atoms with van der Waals surface area (Å²) in [7, 11) is -4.74. The van der Waals surface area contributed by atoms with E-state index in [2.05, 4.69) is 42.7 Å². The minimum absolute atomic E-state index is 0.201. The maximum atomic E-state index is 12.3. The first-order chi connectivity index (χ1) is 21.3. The van der Waals surface area contributed by atoms with Gasteiger partial charge in [-0.2, -0.15) is 0 Å². The third-order valence-electron chi connectivity index (χ3n) is 7.44. The van der Waals surface area contributed by atoms with Crippen molar-refractivity contribution < 1.29 is 37.9 Å². The Bertz CT molecular complexity index is 777. The molecule has 0 heterocycles.